The molecule has 0 aliphatic heterocycles. The number of benzene rings is 3. The van der Waals surface area contributed by atoms with Gasteiger partial charge in [0.2, 0.25) is 0 Å². The maximum atomic E-state index is 11.2. The Morgan fingerprint density at radius 1 is 0.969 bits per heavy atom. The number of hydrogen-bond acceptors (Lipinski definition) is 4. The van der Waals surface area contributed by atoms with Gasteiger partial charge in [-0.15, -0.1) is 11.3 Å². The van der Waals surface area contributed by atoms with Crippen LogP contribution in [0.3, 0.4) is 0 Å². The first-order chi connectivity index (χ1) is 15.5. The van der Waals surface area contributed by atoms with E-state index in [2.05, 4.69) is 0 Å². The van der Waals surface area contributed by atoms with Crippen molar-refractivity contribution >= 4 is 50.7 Å². The first-order valence-corrected chi connectivity index (χ1v) is 11.3. The lowest BCUT2D eigenvalue weighted by Gasteiger charge is -2.06. The second-order valence-corrected chi connectivity index (χ2v) is 9.12. The van der Waals surface area contributed by atoms with Crippen molar-refractivity contribution in [1.82, 2.24) is 14.8 Å². The first kappa shape index (κ1) is 20.7. The SMILES string of the molecule is O=C(O)c1ccc(Cn2nc(-c3cc(Cl)cc(Cl)c3)cc2-c2nc3ccccc3s2)cc1. The molecule has 0 aliphatic carbocycles. The van der Waals surface area contributed by atoms with Gasteiger partial charge in [0.05, 0.1) is 33.7 Å². The molecule has 2 heterocycles. The van der Waals surface area contributed by atoms with Gasteiger partial charge in [0.15, 0.2) is 0 Å². The summed E-state index contributed by atoms with van der Waals surface area (Å²) in [6.45, 7) is 0.458. The number of thiazole rings is 1. The third kappa shape index (κ3) is 4.12. The molecule has 0 atom stereocenters. The van der Waals surface area contributed by atoms with Crippen molar-refractivity contribution in [1.29, 1.82) is 0 Å². The average molecular weight is 480 g/mol. The number of para-hydroxylation sites is 1. The van der Waals surface area contributed by atoms with Gasteiger partial charge in [0.1, 0.15) is 5.01 Å². The molecule has 0 saturated heterocycles. The summed E-state index contributed by atoms with van der Waals surface area (Å²) in [5.74, 6) is -0.953. The van der Waals surface area contributed by atoms with Crippen molar-refractivity contribution in [2.45, 2.75) is 6.54 Å². The number of hydrogen-bond donors (Lipinski definition) is 1. The summed E-state index contributed by atoms with van der Waals surface area (Å²) < 4.78 is 2.96. The largest absolute Gasteiger partial charge is 0.478 e. The summed E-state index contributed by atoms with van der Waals surface area (Å²) in [5.41, 5.74) is 4.50. The highest BCUT2D eigenvalue weighted by Crippen LogP contribution is 2.34. The molecule has 3 aromatic carbocycles. The lowest BCUT2D eigenvalue weighted by atomic mass is 10.1. The van der Waals surface area contributed by atoms with Crippen LogP contribution in [-0.4, -0.2) is 25.8 Å². The molecule has 2 aromatic heterocycles. The molecule has 5 rings (SSSR count). The third-order valence-electron chi connectivity index (χ3n) is 4.98. The van der Waals surface area contributed by atoms with E-state index in [0.29, 0.717) is 16.6 Å². The predicted molar refractivity (Wildman–Crippen MR) is 129 cm³/mol. The Kier molecular flexibility index (Phi) is 5.43. The second kappa shape index (κ2) is 8.39. The number of rotatable bonds is 5. The Morgan fingerprint density at radius 3 is 2.38 bits per heavy atom. The van der Waals surface area contributed by atoms with Gasteiger partial charge < -0.3 is 5.11 Å². The zero-order chi connectivity index (χ0) is 22.2. The molecule has 158 valence electrons. The molecule has 0 aliphatic rings. The van der Waals surface area contributed by atoms with E-state index in [1.807, 2.05) is 47.1 Å². The quantitative estimate of drug-likeness (QED) is 0.298. The number of nitrogens with zero attached hydrogens (tertiary/aromatic N) is 3. The van der Waals surface area contributed by atoms with Crippen LogP contribution in [0.4, 0.5) is 0 Å². The Balaban J connectivity index is 1.61. The Hall–Kier alpha value is -3.19. The normalized spacial score (nSPS) is 11.2. The fraction of sp³-hybridized carbons (Fsp3) is 0.0417. The summed E-state index contributed by atoms with van der Waals surface area (Å²) in [4.78, 5) is 16.0. The summed E-state index contributed by atoms with van der Waals surface area (Å²) in [6.07, 6.45) is 0. The van der Waals surface area contributed by atoms with Gasteiger partial charge in [-0.3, -0.25) is 4.68 Å². The Bertz CT molecular complexity index is 1400. The van der Waals surface area contributed by atoms with Crippen LogP contribution in [-0.2, 0) is 6.54 Å². The van der Waals surface area contributed by atoms with E-state index in [1.165, 1.54) is 0 Å². The molecular formula is C24H15Cl2N3O2S. The standard InChI is InChI=1S/C24H15Cl2N3O2S/c25-17-9-16(10-18(26)11-17)20-12-21(23-27-19-3-1-2-4-22(19)32-23)29(28-20)13-14-5-7-15(8-6-14)24(30)31/h1-12H,13H2,(H,30,31). The maximum absolute atomic E-state index is 11.2. The number of carboxylic acid groups (broad SMARTS) is 1. The van der Waals surface area contributed by atoms with Crippen LogP contribution in [0.25, 0.3) is 32.2 Å². The van der Waals surface area contributed by atoms with Gasteiger partial charge in [-0.05, 0) is 54.1 Å². The lowest BCUT2D eigenvalue weighted by Crippen LogP contribution is -2.04. The molecular weight excluding hydrogens is 465 g/mol. The van der Waals surface area contributed by atoms with E-state index >= 15 is 0 Å². The highest BCUT2D eigenvalue weighted by molar-refractivity contribution is 7.21. The van der Waals surface area contributed by atoms with Crippen LogP contribution in [0.15, 0.2) is 72.8 Å². The minimum atomic E-state index is -0.953. The smallest absolute Gasteiger partial charge is 0.335 e. The highest BCUT2D eigenvalue weighted by Gasteiger charge is 2.17. The van der Waals surface area contributed by atoms with E-state index in [4.69, 9.17) is 38.4 Å². The molecule has 32 heavy (non-hydrogen) atoms. The van der Waals surface area contributed by atoms with E-state index in [-0.39, 0.29) is 5.56 Å². The second-order valence-electron chi connectivity index (χ2n) is 7.22. The van der Waals surface area contributed by atoms with Gasteiger partial charge in [0.25, 0.3) is 0 Å². The van der Waals surface area contributed by atoms with Crippen molar-refractivity contribution in [2.75, 3.05) is 0 Å². The van der Waals surface area contributed by atoms with Crippen LogP contribution in [0.5, 0.6) is 0 Å². The maximum Gasteiger partial charge on any atom is 0.335 e. The number of aromatic carboxylic acids is 1. The molecule has 0 fully saturated rings. The monoisotopic (exact) mass is 479 g/mol. The third-order valence-corrected chi connectivity index (χ3v) is 6.48. The molecule has 5 aromatic rings. The minimum absolute atomic E-state index is 0.245. The Labute approximate surface area is 197 Å². The zero-order valence-corrected chi connectivity index (χ0v) is 18.8. The van der Waals surface area contributed by atoms with Crippen molar-refractivity contribution < 1.29 is 9.90 Å². The Morgan fingerprint density at radius 2 is 1.69 bits per heavy atom. The van der Waals surface area contributed by atoms with E-state index in [9.17, 15) is 4.79 Å². The van der Waals surface area contributed by atoms with Crippen molar-refractivity contribution in [2.24, 2.45) is 0 Å². The van der Waals surface area contributed by atoms with E-state index in [1.54, 1.807) is 41.7 Å². The summed E-state index contributed by atoms with van der Waals surface area (Å²) >= 11 is 14.0. The summed E-state index contributed by atoms with van der Waals surface area (Å²) in [7, 11) is 0. The molecule has 0 spiro atoms. The van der Waals surface area contributed by atoms with Gasteiger partial charge in [-0.25, -0.2) is 9.78 Å². The van der Waals surface area contributed by atoms with Crippen LogP contribution in [0.1, 0.15) is 15.9 Å². The van der Waals surface area contributed by atoms with Gasteiger partial charge in [-0.2, -0.15) is 5.10 Å². The van der Waals surface area contributed by atoms with Crippen LogP contribution in [0.2, 0.25) is 10.0 Å². The van der Waals surface area contributed by atoms with E-state index in [0.717, 1.165) is 37.7 Å². The van der Waals surface area contributed by atoms with Gasteiger partial charge in [0, 0.05) is 15.6 Å². The van der Waals surface area contributed by atoms with Crippen molar-refractivity contribution in [3.05, 3.63) is 94.0 Å². The first-order valence-electron chi connectivity index (χ1n) is 9.69. The van der Waals surface area contributed by atoms with Crippen LogP contribution in [0, 0.1) is 0 Å². The van der Waals surface area contributed by atoms with Crippen LogP contribution < -0.4 is 0 Å². The van der Waals surface area contributed by atoms with Crippen LogP contribution >= 0.6 is 34.5 Å². The molecule has 5 nitrogen and oxygen atoms in total. The van der Waals surface area contributed by atoms with E-state index < -0.39 is 5.97 Å². The lowest BCUT2D eigenvalue weighted by molar-refractivity contribution is 0.0697. The highest BCUT2D eigenvalue weighted by atomic mass is 35.5. The molecule has 1 N–H and O–H groups in total. The zero-order valence-electron chi connectivity index (χ0n) is 16.5. The van der Waals surface area contributed by atoms with Crippen molar-refractivity contribution in [3.63, 3.8) is 0 Å². The average Bonchev–Trinajstić information content (AvgIpc) is 3.37. The molecule has 8 heteroatoms. The van der Waals surface area contributed by atoms with Gasteiger partial charge in [-0.1, -0.05) is 47.5 Å². The fourth-order valence-corrected chi connectivity index (χ4v) is 4.97. The summed E-state index contributed by atoms with van der Waals surface area (Å²) in [6, 6.07) is 22.1. The minimum Gasteiger partial charge on any atom is -0.478 e. The summed E-state index contributed by atoms with van der Waals surface area (Å²) in [5, 5.41) is 15.9. The fourth-order valence-electron chi connectivity index (χ4n) is 3.46. The molecule has 0 unspecified atom stereocenters. The number of fused-ring (bicyclic) bond motifs is 1. The number of carboxylic acids is 1. The number of carbonyl (C=O) groups is 1. The number of aromatic nitrogens is 3. The molecule has 0 amide bonds. The topological polar surface area (TPSA) is 68.0 Å². The number of halogens is 2. The predicted octanol–water partition coefficient (Wildman–Crippen LogP) is 6.88. The molecule has 0 saturated carbocycles. The van der Waals surface area contributed by atoms with Gasteiger partial charge >= 0.3 is 5.97 Å². The molecule has 0 bridgehead atoms. The van der Waals surface area contributed by atoms with Crippen molar-refractivity contribution in [3.8, 4) is 22.0 Å². The molecule has 0 radical (unpaired) electrons.